The highest BCUT2D eigenvalue weighted by atomic mass is 32.3. The molecule has 0 aliphatic rings. The van der Waals surface area contributed by atoms with E-state index in [4.69, 9.17) is 25.0 Å². The highest BCUT2D eigenvalue weighted by Crippen LogP contribution is 2.49. The minimum absolute atomic E-state index is 0.0634. The Kier molecular flexibility index (Phi) is 15.2. The Balaban J connectivity index is 1.71. The Morgan fingerprint density at radius 1 is 0.679 bits per heavy atom. The molecule has 0 spiro atoms. The Morgan fingerprint density at radius 2 is 1.20 bits per heavy atom. The molecule has 0 amide bonds. The van der Waals surface area contributed by atoms with Gasteiger partial charge in [-0.3, -0.25) is 13.3 Å². The maximum atomic E-state index is 12.6. The molecule has 56 heavy (non-hydrogen) atoms. The van der Waals surface area contributed by atoms with Gasteiger partial charge in [-0.15, -0.1) is 18.9 Å². The van der Waals surface area contributed by atoms with Gasteiger partial charge in [-0.25, -0.2) is 31.5 Å². The van der Waals surface area contributed by atoms with Crippen LogP contribution in [0, 0.1) is 0 Å². The highest BCUT2D eigenvalue weighted by molar-refractivity contribution is 7.94. The minimum Gasteiger partial charge on any atom is -0.505 e. The van der Waals surface area contributed by atoms with Crippen molar-refractivity contribution in [2.75, 3.05) is 30.5 Å². The number of anilines is 1. The molecule has 4 rings (SSSR count). The largest absolute Gasteiger partial charge is 0.505 e. The summed E-state index contributed by atoms with van der Waals surface area (Å²) in [6.07, 6.45) is 0. The number of hydrogen-bond acceptors (Lipinski definition) is 24. The summed E-state index contributed by atoms with van der Waals surface area (Å²) in [4.78, 5) is -1.48. The van der Waals surface area contributed by atoms with E-state index >= 15 is 0 Å². The molecule has 0 saturated carbocycles. The number of rotatable bonds is 20. The first-order chi connectivity index (χ1) is 26.3. The molecule has 30 heteroatoms. The van der Waals surface area contributed by atoms with E-state index in [9.17, 15) is 43.3 Å². The van der Waals surface area contributed by atoms with Gasteiger partial charge < -0.3 is 10.8 Å². The highest BCUT2D eigenvalue weighted by Gasteiger charge is 2.26. The average molecular weight is 904 g/mol. The van der Waals surface area contributed by atoms with Gasteiger partial charge in [-0.2, -0.15) is 27.1 Å². The number of benzene rings is 4. The first-order valence-electron chi connectivity index (χ1n) is 14.4. The van der Waals surface area contributed by atoms with E-state index in [1.807, 2.05) is 0 Å². The van der Waals surface area contributed by atoms with Crippen molar-refractivity contribution >= 4 is 104 Å². The van der Waals surface area contributed by atoms with E-state index in [2.05, 4.69) is 43.4 Å². The molecule has 0 aliphatic heterocycles. The molecule has 0 heterocycles. The van der Waals surface area contributed by atoms with E-state index < -0.39 is 86.0 Å². The number of hydrogen-bond donors (Lipinski definition) is 6. The normalized spacial score (nSPS) is 13.0. The third kappa shape index (κ3) is 12.0. The second kappa shape index (κ2) is 19.0. The fourth-order valence-electron chi connectivity index (χ4n) is 4.37. The van der Waals surface area contributed by atoms with Gasteiger partial charge in [0, 0.05) is 0 Å². The zero-order valence-electron chi connectivity index (χ0n) is 27.4. The van der Waals surface area contributed by atoms with Gasteiger partial charge in [0.2, 0.25) is 0 Å². The number of nitrogen functional groups attached to an aromatic ring is 1. The van der Waals surface area contributed by atoms with Crippen molar-refractivity contribution in [1.82, 2.24) is 0 Å². The second-order valence-corrected chi connectivity index (χ2v) is 18.3. The third-order valence-electron chi connectivity index (χ3n) is 6.80. The molecule has 4 aromatic carbocycles. The summed E-state index contributed by atoms with van der Waals surface area (Å²) in [5.74, 6) is -2.06. The van der Waals surface area contributed by atoms with E-state index in [1.54, 1.807) is 0 Å². The Labute approximate surface area is 324 Å². The molecular weight excluding hydrogens is 879 g/mol. The summed E-state index contributed by atoms with van der Waals surface area (Å²) in [6, 6.07) is 11.3. The van der Waals surface area contributed by atoms with Crippen LogP contribution in [0.15, 0.2) is 101 Å². The molecule has 7 N–H and O–H groups in total. The zero-order chi connectivity index (χ0) is 41.3. The fraction of sp³-hybridized carbons (Fsp3) is 0.154. The topological polar surface area (TPSA) is 369 Å². The molecule has 0 atom stereocenters. The molecule has 0 bridgehead atoms. The monoisotopic (exact) mass is 903 g/mol. The van der Waals surface area contributed by atoms with Crippen LogP contribution in [-0.4, -0.2) is 83.1 Å². The standard InChI is InChI=1S/C26H25N5O19S6/c27-23-22-15(14-21(55(39,40)41)25(23)31-29-17-3-7-19(8-4-17)54(37,38)12-10-46-56(42,43)44)13-20(51-49-47-33)24(26(22)32)30-28-16-1-5-18(6-2-16)53(35,36)11-9-45-52-50-48-34/h1-8,13-14,32-34H,9-12,27H2,(H,39,40,41)(H,42,43,44). The van der Waals surface area contributed by atoms with Crippen molar-refractivity contribution in [3.63, 3.8) is 0 Å². The number of azo groups is 2. The Hall–Kier alpha value is -3.96. The summed E-state index contributed by atoms with van der Waals surface area (Å²) in [5.41, 5.74) is 4.63. The SMILES string of the molecule is Nc1c(N=Nc2ccc(S(=O)(=O)CCOS(=O)(=O)O)cc2)c(S(=O)(=O)O)cc2cc(SOOO)c(N=Nc3ccc(S(=O)(=O)CCOSOOO)cc3)c(O)c12. The first-order valence-corrected chi connectivity index (χ1v) is 21.9. The number of phenols is 1. The lowest BCUT2D eigenvalue weighted by molar-refractivity contribution is -0.434. The zero-order valence-corrected chi connectivity index (χ0v) is 32.3. The number of phenolic OH excluding ortho intramolecular Hbond substituents is 1. The van der Waals surface area contributed by atoms with Gasteiger partial charge in [-0.05, 0) is 66.0 Å². The molecular formula is C26H25N5O19S6. The average Bonchev–Trinajstić information content (AvgIpc) is 3.12. The molecule has 304 valence electrons. The third-order valence-corrected chi connectivity index (χ3v) is 12.5. The van der Waals surface area contributed by atoms with Gasteiger partial charge in [0.15, 0.2) is 37.7 Å². The van der Waals surface area contributed by atoms with Crippen molar-refractivity contribution in [2.45, 2.75) is 19.6 Å². The number of sulfone groups is 2. The van der Waals surface area contributed by atoms with Gasteiger partial charge in [0.25, 0.3) is 10.1 Å². The smallest absolute Gasteiger partial charge is 0.397 e. The molecule has 0 fully saturated rings. The molecule has 0 aliphatic carbocycles. The summed E-state index contributed by atoms with van der Waals surface area (Å²) < 4.78 is 132. The molecule has 0 aromatic heterocycles. The lowest BCUT2D eigenvalue weighted by Crippen LogP contribution is -2.15. The van der Waals surface area contributed by atoms with Crippen molar-refractivity contribution in [2.24, 2.45) is 20.5 Å². The van der Waals surface area contributed by atoms with Crippen LogP contribution >= 0.6 is 24.4 Å². The second-order valence-electron chi connectivity index (χ2n) is 10.3. The predicted molar refractivity (Wildman–Crippen MR) is 192 cm³/mol. The molecule has 0 unspecified atom stereocenters. The summed E-state index contributed by atoms with van der Waals surface area (Å²) in [5, 5.41) is 50.3. The molecule has 0 saturated heterocycles. The van der Waals surface area contributed by atoms with Crippen LogP contribution in [0.1, 0.15) is 0 Å². The molecule has 4 aromatic rings. The summed E-state index contributed by atoms with van der Waals surface area (Å²) in [6.45, 7) is -1.21. The Bertz CT molecular complexity index is 2560. The van der Waals surface area contributed by atoms with Crippen molar-refractivity contribution in [3.8, 4) is 5.75 Å². The van der Waals surface area contributed by atoms with Gasteiger partial charge in [-0.1, -0.05) is 10.1 Å². The number of aromatic hydroxyl groups is 1. The lowest BCUT2D eigenvalue weighted by atomic mass is 10.1. The molecule has 24 nitrogen and oxygen atoms in total. The van der Waals surface area contributed by atoms with Crippen molar-refractivity contribution in [3.05, 3.63) is 60.7 Å². The van der Waals surface area contributed by atoms with Crippen LogP contribution in [0.2, 0.25) is 0 Å². The first kappa shape index (κ1) is 44.8. The van der Waals surface area contributed by atoms with Gasteiger partial charge in [0.05, 0.1) is 73.9 Å². The van der Waals surface area contributed by atoms with Crippen LogP contribution < -0.4 is 5.73 Å². The number of nitrogens with two attached hydrogens (primary N) is 1. The predicted octanol–water partition coefficient (Wildman–Crippen LogP) is 5.00. The van der Waals surface area contributed by atoms with Gasteiger partial charge in [0.1, 0.15) is 16.3 Å². The minimum atomic E-state index is -5.10. The van der Waals surface area contributed by atoms with E-state index in [1.165, 1.54) is 24.3 Å². The van der Waals surface area contributed by atoms with E-state index in [0.29, 0.717) is 0 Å². The van der Waals surface area contributed by atoms with Crippen LogP contribution in [0.4, 0.5) is 28.4 Å². The number of nitrogens with zero attached hydrogens (tertiary/aromatic N) is 4. The van der Waals surface area contributed by atoms with Crippen LogP contribution in [0.3, 0.4) is 0 Å². The molecule has 0 radical (unpaired) electrons. The Morgan fingerprint density at radius 3 is 1.70 bits per heavy atom. The summed E-state index contributed by atoms with van der Waals surface area (Å²) in [7, 11) is -17.9. The maximum Gasteiger partial charge on any atom is 0.397 e. The van der Waals surface area contributed by atoms with E-state index in [-0.39, 0.29) is 67.8 Å². The fourth-order valence-corrected chi connectivity index (χ4v) is 8.44. The van der Waals surface area contributed by atoms with E-state index in [0.717, 1.165) is 36.4 Å². The lowest BCUT2D eigenvalue weighted by Gasteiger charge is -2.14. The quantitative estimate of drug-likeness (QED) is 0.0129. The van der Waals surface area contributed by atoms with Gasteiger partial charge >= 0.3 is 10.4 Å². The van der Waals surface area contributed by atoms with Crippen LogP contribution in [0.25, 0.3) is 10.8 Å². The van der Waals surface area contributed by atoms with Crippen molar-refractivity contribution in [1.29, 1.82) is 0 Å². The van der Waals surface area contributed by atoms with Crippen LogP contribution in [0.5, 0.6) is 5.75 Å². The number of fused-ring (bicyclic) bond motifs is 1. The van der Waals surface area contributed by atoms with Crippen LogP contribution in [-0.2, 0) is 67.3 Å². The van der Waals surface area contributed by atoms with Crippen molar-refractivity contribution < 1.29 is 85.5 Å². The summed E-state index contributed by atoms with van der Waals surface area (Å²) >= 11 is 0.478. The maximum absolute atomic E-state index is 12.6.